The van der Waals surface area contributed by atoms with Gasteiger partial charge in [0, 0.05) is 18.8 Å². The molecule has 38 heavy (non-hydrogen) atoms. The molecule has 1 aliphatic rings. The molecule has 0 spiro atoms. The monoisotopic (exact) mass is 544 g/mol. The van der Waals surface area contributed by atoms with Crippen molar-refractivity contribution in [3.63, 3.8) is 0 Å². The van der Waals surface area contributed by atoms with Crippen LogP contribution in [-0.2, 0) is 14.6 Å². The molecule has 0 unspecified atom stereocenters. The second kappa shape index (κ2) is 9.84. The molecule has 2 aromatic carbocycles. The Balaban J connectivity index is 1.65. The van der Waals surface area contributed by atoms with Crippen LogP contribution in [-0.4, -0.2) is 66.5 Å². The number of anilines is 1. The lowest BCUT2D eigenvalue weighted by molar-refractivity contribution is -0.0434. The van der Waals surface area contributed by atoms with E-state index in [1.165, 1.54) is 10.7 Å². The van der Waals surface area contributed by atoms with Crippen LogP contribution in [0.4, 0.5) is 18.9 Å². The van der Waals surface area contributed by atoms with Gasteiger partial charge in [-0.15, -0.1) is 0 Å². The van der Waals surface area contributed by atoms with E-state index >= 15 is 0 Å². The molecule has 2 aromatic heterocycles. The van der Waals surface area contributed by atoms with Gasteiger partial charge in [-0.05, 0) is 48.4 Å². The molecule has 5 rings (SSSR count). The fourth-order valence-electron chi connectivity index (χ4n) is 4.41. The van der Waals surface area contributed by atoms with Gasteiger partial charge in [-0.1, -0.05) is 30.3 Å². The minimum Gasteiger partial charge on any atom is -0.378 e. The number of carbonyl (C=O) groups is 1. The van der Waals surface area contributed by atoms with Gasteiger partial charge in [-0.2, -0.15) is 18.3 Å². The van der Waals surface area contributed by atoms with Crippen molar-refractivity contribution in [3.8, 4) is 16.8 Å². The number of morpholine rings is 1. The number of rotatable bonds is 6. The number of pyridine rings is 1. The minimum absolute atomic E-state index is 0.233. The molecule has 0 atom stereocenters. The average Bonchev–Trinajstić information content (AvgIpc) is 3.25. The third kappa shape index (κ3) is 4.88. The molecule has 0 saturated carbocycles. The standard InChI is InChI=1S/C26H23F3N4O4S/c1-17-24-21(18-7-9-19(10-8-18)32-11-13-37-14-12-32)15-22(23(34)16-38(35,36)26(27,28)29)30-25(24)33(31-17)20-5-3-2-4-6-20/h2-10,15H,11-14,16H2,1H3. The molecule has 8 nitrogen and oxygen atoms in total. The Morgan fingerprint density at radius 3 is 2.29 bits per heavy atom. The lowest BCUT2D eigenvalue weighted by Gasteiger charge is -2.29. The molecule has 0 N–H and O–H groups in total. The van der Waals surface area contributed by atoms with Crippen molar-refractivity contribution in [1.82, 2.24) is 14.8 Å². The first-order valence-corrected chi connectivity index (χ1v) is 13.4. The maximum Gasteiger partial charge on any atom is 0.497 e. The van der Waals surface area contributed by atoms with Crippen LogP contribution in [0.5, 0.6) is 0 Å². The van der Waals surface area contributed by atoms with Gasteiger partial charge < -0.3 is 9.64 Å². The Labute approximate surface area is 216 Å². The van der Waals surface area contributed by atoms with Crippen LogP contribution in [0.25, 0.3) is 27.8 Å². The van der Waals surface area contributed by atoms with Crippen molar-refractivity contribution in [1.29, 1.82) is 0 Å². The molecule has 198 valence electrons. The van der Waals surface area contributed by atoms with E-state index in [-0.39, 0.29) is 5.65 Å². The van der Waals surface area contributed by atoms with Crippen molar-refractivity contribution in [2.45, 2.75) is 12.4 Å². The number of nitrogens with zero attached hydrogens (tertiary/aromatic N) is 4. The maximum atomic E-state index is 13.0. The zero-order valence-electron chi connectivity index (χ0n) is 20.3. The predicted molar refractivity (Wildman–Crippen MR) is 136 cm³/mol. The number of halogens is 3. The highest BCUT2D eigenvalue weighted by Gasteiger charge is 2.47. The Morgan fingerprint density at radius 1 is 1.00 bits per heavy atom. The van der Waals surface area contributed by atoms with Crippen molar-refractivity contribution in [3.05, 3.63) is 72.1 Å². The molecule has 0 radical (unpaired) electrons. The number of ketones is 1. The van der Waals surface area contributed by atoms with E-state index in [0.717, 1.165) is 18.8 Å². The maximum absolute atomic E-state index is 13.0. The van der Waals surface area contributed by atoms with E-state index in [9.17, 15) is 26.4 Å². The van der Waals surface area contributed by atoms with E-state index in [4.69, 9.17) is 4.74 Å². The third-order valence-corrected chi connectivity index (χ3v) is 7.68. The summed E-state index contributed by atoms with van der Waals surface area (Å²) in [7, 11) is -5.68. The molecular weight excluding hydrogens is 521 g/mol. The fraction of sp³-hybridized carbons (Fsp3) is 0.269. The van der Waals surface area contributed by atoms with Crippen molar-refractivity contribution >= 4 is 32.3 Å². The topological polar surface area (TPSA) is 94.4 Å². The molecule has 1 fully saturated rings. The number of Topliss-reactive ketones (excluding diaryl/α,β-unsaturated/α-hetero) is 1. The summed E-state index contributed by atoms with van der Waals surface area (Å²) in [6.45, 7) is 4.50. The zero-order valence-corrected chi connectivity index (χ0v) is 21.1. The summed E-state index contributed by atoms with van der Waals surface area (Å²) in [6.07, 6.45) is 0. The van der Waals surface area contributed by atoms with Gasteiger partial charge in [-0.25, -0.2) is 18.1 Å². The first-order valence-electron chi connectivity index (χ1n) is 11.8. The summed E-state index contributed by atoms with van der Waals surface area (Å²) >= 11 is 0. The zero-order chi connectivity index (χ0) is 27.1. The smallest absolute Gasteiger partial charge is 0.378 e. The van der Waals surface area contributed by atoms with Crippen LogP contribution >= 0.6 is 0 Å². The Hall–Kier alpha value is -3.77. The van der Waals surface area contributed by atoms with E-state index in [1.54, 1.807) is 31.2 Å². The Morgan fingerprint density at radius 2 is 1.66 bits per heavy atom. The molecule has 3 heterocycles. The summed E-state index contributed by atoms with van der Waals surface area (Å²) in [5.74, 6) is -2.99. The van der Waals surface area contributed by atoms with Gasteiger partial charge in [-0.3, -0.25) is 4.79 Å². The summed E-state index contributed by atoms with van der Waals surface area (Å²) in [6, 6.07) is 17.8. The summed E-state index contributed by atoms with van der Waals surface area (Å²) in [5.41, 5.74) is -2.33. The molecular formula is C26H23F3N4O4S. The summed E-state index contributed by atoms with van der Waals surface area (Å²) in [4.78, 5) is 19.3. The highest BCUT2D eigenvalue weighted by Crippen LogP contribution is 2.34. The van der Waals surface area contributed by atoms with E-state index in [0.29, 0.717) is 41.1 Å². The number of carbonyl (C=O) groups excluding carboxylic acids is 1. The molecule has 12 heteroatoms. The first-order chi connectivity index (χ1) is 18.0. The Kier molecular flexibility index (Phi) is 6.70. The van der Waals surface area contributed by atoms with Crippen LogP contribution in [0.1, 0.15) is 16.2 Å². The number of aromatic nitrogens is 3. The molecule has 0 bridgehead atoms. The molecule has 0 aliphatic carbocycles. The molecule has 1 aliphatic heterocycles. The van der Waals surface area contributed by atoms with Crippen LogP contribution in [0.3, 0.4) is 0 Å². The van der Waals surface area contributed by atoms with Gasteiger partial charge in [0.05, 0.1) is 30.0 Å². The van der Waals surface area contributed by atoms with Gasteiger partial charge >= 0.3 is 5.51 Å². The SMILES string of the molecule is Cc1nn(-c2ccccc2)c2nc(C(=O)CS(=O)(=O)C(F)(F)F)cc(-c3ccc(N4CCOCC4)cc3)c12. The molecule has 1 saturated heterocycles. The van der Waals surface area contributed by atoms with Crippen LogP contribution < -0.4 is 4.90 Å². The van der Waals surface area contributed by atoms with Gasteiger partial charge in [0.15, 0.2) is 11.4 Å². The lowest BCUT2D eigenvalue weighted by atomic mass is 10.00. The minimum atomic E-state index is -5.68. The number of sulfone groups is 1. The first kappa shape index (κ1) is 25.9. The van der Waals surface area contributed by atoms with Crippen LogP contribution in [0.15, 0.2) is 60.7 Å². The van der Waals surface area contributed by atoms with Crippen LogP contribution in [0, 0.1) is 6.92 Å². The number of para-hydroxylation sites is 1. The summed E-state index contributed by atoms with van der Waals surface area (Å²) in [5, 5.41) is 5.17. The number of alkyl halides is 3. The normalized spacial score (nSPS) is 14.7. The Bertz CT molecular complexity index is 1600. The second-order valence-corrected chi connectivity index (χ2v) is 10.8. The molecule has 0 amide bonds. The number of fused-ring (bicyclic) bond motifs is 1. The fourth-order valence-corrected chi connectivity index (χ4v) is 5.07. The summed E-state index contributed by atoms with van der Waals surface area (Å²) < 4.78 is 69.4. The number of hydrogen-bond acceptors (Lipinski definition) is 7. The van der Waals surface area contributed by atoms with Crippen molar-refractivity contribution in [2.24, 2.45) is 0 Å². The second-order valence-electron chi connectivity index (χ2n) is 8.86. The number of ether oxygens (including phenoxy) is 1. The van der Waals surface area contributed by atoms with Gasteiger partial charge in [0.2, 0.25) is 0 Å². The third-order valence-electron chi connectivity index (χ3n) is 6.33. The van der Waals surface area contributed by atoms with E-state index in [1.807, 2.05) is 30.3 Å². The number of hydrogen-bond donors (Lipinski definition) is 0. The highest BCUT2D eigenvalue weighted by atomic mass is 32.2. The molecule has 4 aromatic rings. The van der Waals surface area contributed by atoms with Crippen LogP contribution in [0.2, 0.25) is 0 Å². The lowest BCUT2D eigenvalue weighted by Crippen LogP contribution is -2.36. The van der Waals surface area contributed by atoms with Gasteiger partial charge in [0.25, 0.3) is 9.84 Å². The quantitative estimate of drug-likeness (QED) is 0.333. The van der Waals surface area contributed by atoms with Crippen molar-refractivity contribution < 1.29 is 31.1 Å². The average molecular weight is 545 g/mol. The van der Waals surface area contributed by atoms with E-state index < -0.39 is 32.6 Å². The predicted octanol–water partition coefficient (Wildman–Crippen LogP) is 4.35. The number of aryl methyl sites for hydroxylation is 1. The van der Waals surface area contributed by atoms with Gasteiger partial charge in [0.1, 0.15) is 11.4 Å². The number of benzene rings is 2. The van der Waals surface area contributed by atoms with Crippen molar-refractivity contribution in [2.75, 3.05) is 37.0 Å². The van der Waals surface area contributed by atoms with E-state index in [2.05, 4.69) is 15.0 Å². The largest absolute Gasteiger partial charge is 0.497 e. The highest BCUT2D eigenvalue weighted by molar-refractivity contribution is 7.93.